The Balaban J connectivity index is 1.92. The molecule has 134 valence electrons. The lowest BCUT2D eigenvalue weighted by Crippen LogP contribution is -2.43. The van der Waals surface area contributed by atoms with E-state index >= 15 is 0 Å². The minimum Gasteiger partial charge on any atom is -0.395 e. The summed E-state index contributed by atoms with van der Waals surface area (Å²) in [6, 6.07) is 4.67. The van der Waals surface area contributed by atoms with Gasteiger partial charge in [0.05, 0.1) is 18.7 Å². The Hall–Kier alpha value is -1.60. The van der Waals surface area contributed by atoms with Crippen molar-refractivity contribution in [1.29, 1.82) is 0 Å². The third-order valence-electron chi connectivity index (χ3n) is 4.32. The summed E-state index contributed by atoms with van der Waals surface area (Å²) in [5.41, 5.74) is -0.412. The summed E-state index contributed by atoms with van der Waals surface area (Å²) in [6.45, 7) is 0.529. The second kappa shape index (κ2) is 8.48. The van der Waals surface area contributed by atoms with Crippen LogP contribution in [0.4, 0.5) is 18.9 Å². The molecule has 1 amide bonds. The van der Waals surface area contributed by atoms with Crippen molar-refractivity contribution in [3.63, 3.8) is 0 Å². The zero-order chi connectivity index (χ0) is 17.6. The van der Waals surface area contributed by atoms with Gasteiger partial charge in [-0.25, -0.2) is 0 Å². The molecular weight excluding hydrogens is 321 g/mol. The Morgan fingerprint density at radius 3 is 2.33 bits per heavy atom. The maximum atomic E-state index is 12.5. The van der Waals surface area contributed by atoms with E-state index in [9.17, 15) is 23.1 Å². The van der Waals surface area contributed by atoms with Crippen LogP contribution in [0.1, 0.15) is 37.7 Å². The van der Waals surface area contributed by atoms with E-state index in [4.69, 9.17) is 0 Å². The van der Waals surface area contributed by atoms with Gasteiger partial charge in [-0.3, -0.25) is 9.69 Å². The molecule has 0 radical (unpaired) electrons. The number of nitrogens with one attached hydrogen (secondary N) is 1. The molecule has 0 unspecified atom stereocenters. The summed E-state index contributed by atoms with van der Waals surface area (Å²) in [4.78, 5) is 14.1. The summed E-state index contributed by atoms with van der Waals surface area (Å²) in [5.74, 6) is -0.284. The van der Waals surface area contributed by atoms with Gasteiger partial charge in [-0.1, -0.05) is 19.3 Å². The number of carbonyl (C=O) groups excluding carboxylic acids is 1. The average molecular weight is 344 g/mol. The van der Waals surface area contributed by atoms with Crippen LogP contribution in [-0.4, -0.2) is 41.7 Å². The highest BCUT2D eigenvalue weighted by molar-refractivity contribution is 5.92. The quantitative estimate of drug-likeness (QED) is 0.833. The van der Waals surface area contributed by atoms with Gasteiger partial charge in [0.2, 0.25) is 5.91 Å². The lowest BCUT2D eigenvalue weighted by atomic mass is 9.94. The van der Waals surface area contributed by atoms with Crippen molar-refractivity contribution in [2.45, 2.75) is 44.3 Å². The van der Waals surface area contributed by atoms with Crippen LogP contribution in [-0.2, 0) is 11.0 Å². The molecule has 1 aliphatic rings. The summed E-state index contributed by atoms with van der Waals surface area (Å²) in [6.07, 6.45) is 1.06. The number of hydrogen-bond donors (Lipinski definition) is 2. The van der Waals surface area contributed by atoms with Crippen molar-refractivity contribution in [2.75, 3.05) is 25.0 Å². The van der Waals surface area contributed by atoms with Gasteiger partial charge in [-0.15, -0.1) is 0 Å². The first kappa shape index (κ1) is 18.7. The molecule has 1 aromatic rings. The third-order valence-corrected chi connectivity index (χ3v) is 4.32. The van der Waals surface area contributed by atoms with Crippen LogP contribution in [0.25, 0.3) is 0 Å². The number of anilines is 1. The molecule has 0 atom stereocenters. The molecule has 1 aliphatic carbocycles. The Morgan fingerprint density at radius 1 is 1.17 bits per heavy atom. The van der Waals surface area contributed by atoms with Gasteiger partial charge in [-0.2, -0.15) is 13.2 Å². The number of rotatable bonds is 6. The van der Waals surface area contributed by atoms with E-state index in [1.807, 2.05) is 4.90 Å². The number of benzene rings is 1. The molecule has 0 aliphatic heterocycles. The van der Waals surface area contributed by atoms with E-state index in [-0.39, 0.29) is 25.1 Å². The minimum atomic E-state index is -4.39. The van der Waals surface area contributed by atoms with Gasteiger partial charge in [0.15, 0.2) is 0 Å². The molecule has 1 saturated carbocycles. The highest BCUT2D eigenvalue weighted by Crippen LogP contribution is 2.29. The van der Waals surface area contributed by atoms with Crippen molar-refractivity contribution in [3.8, 4) is 0 Å². The number of amides is 1. The molecular formula is C17H23F3N2O2. The van der Waals surface area contributed by atoms with Crippen LogP contribution < -0.4 is 5.32 Å². The monoisotopic (exact) mass is 344 g/mol. The second-order valence-electron chi connectivity index (χ2n) is 6.11. The molecule has 4 nitrogen and oxygen atoms in total. The zero-order valence-electron chi connectivity index (χ0n) is 13.5. The maximum absolute atomic E-state index is 12.5. The first-order chi connectivity index (χ1) is 11.4. The van der Waals surface area contributed by atoms with Crippen molar-refractivity contribution in [3.05, 3.63) is 29.8 Å². The van der Waals surface area contributed by atoms with Crippen molar-refractivity contribution in [2.24, 2.45) is 0 Å². The SMILES string of the molecule is O=C(CN(CCO)C1CCCCC1)Nc1ccc(C(F)(F)F)cc1. The van der Waals surface area contributed by atoms with Gasteiger partial charge in [-0.05, 0) is 37.1 Å². The number of aliphatic hydroxyl groups excluding tert-OH is 1. The number of aliphatic hydroxyl groups is 1. The van der Waals surface area contributed by atoms with Crippen molar-refractivity contribution >= 4 is 11.6 Å². The highest BCUT2D eigenvalue weighted by Gasteiger charge is 2.30. The fourth-order valence-corrected chi connectivity index (χ4v) is 3.09. The number of halogens is 3. The molecule has 0 heterocycles. The van der Waals surface area contributed by atoms with E-state index in [1.54, 1.807) is 0 Å². The van der Waals surface area contributed by atoms with Crippen LogP contribution in [0, 0.1) is 0 Å². The highest BCUT2D eigenvalue weighted by atomic mass is 19.4. The molecule has 1 fully saturated rings. The smallest absolute Gasteiger partial charge is 0.395 e. The van der Waals surface area contributed by atoms with Crippen LogP contribution in [0.3, 0.4) is 0 Å². The number of alkyl halides is 3. The number of carbonyl (C=O) groups is 1. The first-order valence-corrected chi connectivity index (χ1v) is 8.22. The molecule has 0 bridgehead atoms. The minimum absolute atomic E-state index is 0.0238. The Bertz CT molecular complexity index is 526. The molecule has 2 rings (SSSR count). The molecule has 0 aromatic heterocycles. The van der Waals surface area contributed by atoms with Crippen LogP contribution in [0.15, 0.2) is 24.3 Å². The van der Waals surface area contributed by atoms with Crippen LogP contribution in [0.2, 0.25) is 0 Å². The predicted molar refractivity (Wildman–Crippen MR) is 85.6 cm³/mol. The topological polar surface area (TPSA) is 52.6 Å². The standard InChI is InChI=1S/C17H23F3N2O2/c18-17(19,20)13-6-8-14(9-7-13)21-16(24)12-22(10-11-23)15-4-2-1-3-5-15/h6-9,15,23H,1-5,10-12H2,(H,21,24). The Kier molecular flexibility index (Phi) is 6.62. The lowest BCUT2D eigenvalue weighted by Gasteiger charge is -2.33. The average Bonchev–Trinajstić information content (AvgIpc) is 2.55. The number of nitrogens with zero attached hydrogens (tertiary/aromatic N) is 1. The summed E-state index contributed by atoms with van der Waals surface area (Å²) < 4.78 is 37.6. The van der Waals surface area contributed by atoms with Crippen molar-refractivity contribution < 1.29 is 23.1 Å². The summed E-state index contributed by atoms with van der Waals surface area (Å²) >= 11 is 0. The zero-order valence-corrected chi connectivity index (χ0v) is 13.5. The molecule has 0 saturated heterocycles. The van der Waals surface area contributed by atoms with E-state index < -0.39 is 11.7 Å². The van der Waals surface area contributed by atoms with Crippen LogP contribution >= 0.6 is 0 Å². The molecule has 2 N–H and O–H groups in total. The van der Waals surface area contributed by atoms with Gasteiger partial charge in [0.25, 0.3) is 0 Å². The maximum Gasteiger partial charge on any atom is 0.416 e. The van der Waals surface area contributed by atoms with E-state index in [0.29, 0.717) is 12.2 Å². The fourth-order valence-electron chi connectivity index (χ4n) is 3.09. The lowest BCUT2D eigenvalue weighted by molar-refractivity contribution is -0.137. The third kappa shape index (κ3) is 5.49. The van der Waals surface area contributed by atoms with E-state index in [0.717, 1.165) is 37.8 Å². The van der Waals surface area contributed by atoms with Crippen molar-refractivity contribution in [1.82, 2.24) is 4.90 Å². The fraction of sp³-hybridized carbons (Fsp3) is 0.588. The first-order valence-electron chi connectivity index (χ1n) is 8.22. The van der Waals surface area contributed by atoms with Crippen LogP contribution in [0.5, 0.6) is 0 Å². The molecule has 1 aromatic carbocycles. The predicted octanol–water partition coefficient (Wildman–Crippen LogP) is 3.27. The van der Waals surface area contributed by atoms with Gasteiger partial charge in [0.1, 0.15) is 0 Å². The normalized spacial score (nSPS) is 16.4. The summed E-state index contributed by atoms with van der Waals surface area (Å²) in [5, 5.41) is 11.8. The van der Waals surface area contributed by atoms with Gasteiger partial charge in [0, 0.05) is 18.3 Å². The number of hydrogen-bond acceptors (Lipinski definition) is 3. The largest absolute Gasteiger partial charge is 0.416 e. The van der Waals surface area contributed by atoms with E-state index in [1.165, 1.54) is 18.6 Å². The Labute approximate surface area is 139 Å². The summed E-state index contributed by atoms with van der Waals surface area (Å²) in [7, 11) is 0. The molecule has 0 spiro atoms. The molecule has 24 heavy (non-hydrogen) atoms. The van der Waals surface area contributed by atoms with E-state index in [2.05, 4.69) is 5.32 Å². The second-order valence-corrected chi connectivity index (χ2v) is 6.11. The van der Waals surface area contributed by atoms with Gasteiger partial charge < -0.3 is 10.4 Å². The Morgan fingerprint density at radius 2 is 1.79 bits per heavy atom. The molecule has 7 heteroatoms. The van der Waals surface area contributed by atoms with Gasteiger partial charge >= 0.3 is 6.18 Å².